The first-order valence-corrected chi connectivity index (χ1v) is 25.5. The Morgan fingerprint density at radius 3 is 0.541 bits per heavy atom. The summed E-state index contributed by atoms with van der Waals surface area (Å²) in [7, 11) is 0. The first-order chi connectivity index (χ1) is 36.5. The fraction of sp³-hybridized carbons (Fsp3) is 0.0137. The van der Waals surface area contributed by atoms with Crippen LogP contribution in [0.4, 0.5) is 17.1 Å². The molecule has 12 aromatic carbocycles. The van der Waals surface area contributed by atoms with Gasteiger partial charge in [0.15, 0.2) is 0 Å². The van der Waals surface area contributed by atoms with Crippen molar-refractivity contribution in [3.63, 3.8) is 0 Å². The highest BCUT2D eigenvalue weighted by atomic mass is 15.1. The molecular weight excluding hydrogens is 891 g/mol. The molecule has 0 N–H and O–H groups in total. The molecule has 1 nitrogen and oxygen atoms in total. The van der Waals surface area contributed by atoms with Crippen LogP contribution in [0, 0.1) is 6.92 Å². The minimum atomic E-state index is 1.08. The van der Waals surface area contributed by atoms with Gasteiger partial charge in [-0.1, -0.05) is 236 Å². The number of nitrogens with zero attached hydrogens (tertiary/aromatic N) is 1. The monoisotopic (exact) mass is 943 g/mol. The summed E-state index contributed by atoms with van der Waals surface area (Å²) in [6.45, 7) is 2.13. The zero-order valence-corrected chi connectivity index (χ0v) is 41.3. The Labute approximate surface area is 435 Å². The van der Waals surface area contributed by atoms with Gasteiger partial charge in [-0.05, 0) is 180 Å². The number of rotatable bonds is 12. The summed E-state index contributed by atoms with van der Waals surface area (Å²) in [6.07, 6.45) is 0. The van der Waals surface area contributed by atoms with Crippen molar-refractivity contribution < 1.29 is 0 Å². The van der Waals surface area contributed by atoms with Crippen molar-refractivity contribution in [2.24, 2.45) is 0 Å². The minimum Gasteiger partial charge on any atom is -0.311 e. The molecule has 0 radical (unpaired) electrons. The zero-order valence-electron chi connectivity index (χ0n) is 41.3. The Morgan fingerprint density at radius 2 is 0.324 bits per heavy atom. The quantitative estimate of drug-likeness (QED) is 0.118. The van der Waals surface area contributed by atoms with Gasteiger partial charge in [0.05, 0.1) is 0 Å². The summed E-state index contributed by atoms with van der Waals surface area (Å²) in [4.78, 5) is 2.37. The van der Waals surface area contributed by atoms with Gasteiger partial charge >= 0.3 is 0 Å². The topological polar surface area (TPSA) is 3.24 Å². The van der Waals surface area contributed by atoms with Crippen LogP contribution in [0.15, 0.2) is 303 Å². The number of hydrogen-bond donors (Lipinski definition) is 0. The fourth-order valence-electron chi connectivity index (χ4n) is 10.1. The molecule has 0 atom stereocenters. The molecule has 1 heteroatoms. The molecule has 0 unspecified atom stereocenters. The molecule has 0 fully saturated rings. The minimum absolute atomic E-state index is 1.08. The third-order valence-electron chi connectivity index (χ3n) is 14.2. The molecule has 12 aromatic rings. The molecule has 0 amide bonds. The Bertz CT molecular complexity index is 3510. The van der Waals surface area contributed by atoms with E-state index >= 15 is 0 Å². The molecule has 74 heavy (non-hydrogen) atoms. The molecule has 12 rings (SSSR count). The Balaban J connectivity index is 0.889. The predicted molar refractivity (Wildman–Crippen MR) is 315 cm³/mol. The van der Waals surface area contributed by atoms with Crippen LogP contribution in [0.3, 0.4) is 0 Å². The van der Waals surface area contributed by atoms with E-state index in [1.54, 1.807) is 0 Å². The van der Waals surface area contributed by atoms with E-state index in [4.69, 9.17) is 0 Å². The predicted octanol–water partition coefficient (Wildman–Crippen LogP) is 20.5. The standard InChI is InChI=1S/C73H53N/c1-52-22-24-57(25-23-52)58-26-28-59(29-27-58)60-30-32-61(33-31-60)62-34-40-71(41-35-62)74(72-42-36-63(37-43-72)69-48-65(53-14-6-2-7-15-53)46-66(49-69)54-16-8-3-9-17-54)73-44-38-64(39-45-73)70-50-67(55-18-10-4-11-19-55)47-68(51-70)56-20-12-5-13-21-56/h2-51H,1H3. The summed E-state index contributed by atoms with van der Waals surface area (Å²) in [5.41, 5.74) is 26.0. The molecule has 0 heterocycles. The van der Waals surface area contributed by atoms with Crippen molar-refractivity contribution >= 4 is 17.1 Å². The van der Waals surface area contributed by atoms with E-state index in [9.17, 15) is 0 Å². The number of benzene rings is 12. The molecule has 0 saturated heterocycles. The summed E-state index contributed by atoms with van der Waals surface area (Å²) >= 11 is 0. The number of hydrogen-bond acceptors (Lipinski definition) is 1. The lowest BCUT2D eigenvalue weighted by atomic mass is 9.93. The van der Waals surface area contributed by atoms with E-state index in [0.29, 0.717) is 0 Å². The summed E-state index contributed by atoms with van der Waals surface area (Å²) in [5.74, 6) is 0. The smallest absolute Gasteiger partial charge is 0.0462 e. The Kier molecular flexibility index (Phi) is 12.7. The van der Waals surface area contributed by atoms with Gasteiger partial charge < -0.3 is 4.90 Å². The largest absolute Gasteiger partial charge is 0.311 e. The van der Waals surface area contributed by atoms with Gasteiger partial charge in [-0.15, -0.1) is 0 Å². The van der Waals surface area contributed by atoms with E-state index in [1.807, 2.05) is 0 Å². The van der Waals surface area contributed by atoms with Gasteiger partial charge in [0.25, 0.3) is 0 Å². The lowest BCUT2D eigenvalue weighted by Gasteiger charge is -2.26. The molecular formula is C73H53N. The normalized spacial score (nSPS) is 11.0. The molecule has 0 saturated carbocycles. The molecule has 0 aliphatic heterocycles. The second-order valence-corrected chi connectivity index (χ2v) is 19.1. The average molecular weight is 944 g/mol. The van der Waals surface area contributed by atoms with E-state index in [1.165, 1.54) is 94.6 Å². The first-order valence-electron chi connectivity index (χ1n) is 25.5. The highest BCUT2D eigenvalue weighted by molar-refractivity contribution is 5.86. The SMILES string of the molecule is Cc1ccc(-c2ccc(-c3ccc(-c4ccc(N(c5ccc(-c6cc(-c7ccccc7)cc(-c7ccccc7)c6)cc5)c5ccc(-c6cc(-c7ccccc7)cc(-c7ccccc7)c6)cc5)cc4)cc3)cc2)cc1. The Morgan fingerprint density at radius 1 is 0.162 bits per heavy atom. The van der Waals surface area contributed by atoms with Crippen molar-refractivity contribution in [3.8, 4) is 100 Å². The van der Waals surface area contributed by atoms with Crippen LogP contribution >= 0.6 is 0 Å². The molecule has 0 aromatic heterocycles. The van der Waals surface area contributed by atoms with Gasteiger partial charge in [0, 0.05) is 17.1 Å². The maximum atomic E-state index is 2.37. The zero-order chi connectivity index (χ0) is 49.6. The van der Waals surface area contributed by atoms with Crippen molar-refractivity contribution in [3.05, 3.63) is 309 Å². The van der Waals surface area contributed by atoms with Crippen molar-refractivity contribution in [1.82, 2.24) is 0 Å². The number of anilines is 3. The van der Waals surface area contributed by atoms with Crippen LogP contribution in [-0.2, 0) is 0 Å². The van der Waals surface area contributed by atoms with E-state index in [-0.39, 0.29) is 0 Å². The van der Waals surface area contributed by atoms with Crippen LogP contribution in [0.1, 0.15) is 5.56 Å². The average Bonchev–Trinajstić information content (AvgIpc) is 3.49. The van der Waals surface area contributed by atoms with Crippen molar-refractivity contribution in [2.75, 3.05) is 4.90 Å². The van der Waals surface area contributed by atoms with Crippen LogP contribution in [-0.4, -0.2) is 0 Å². The van der Waals surface area contributed by atoms with Gasteiger partial charge in [0.1, 0.15) is 0 Å². The van der Waals surface area contributed by atoms with Crippen molar-refractivity contribution in [2.45, 2.75) is 6.92 Å². The maximum Gasteiger partial charge on any atom is 0.0462 e. The van der Waals surface area contributed by atoms with Gasteiger partial charge in [-0.3, -0.25) is 0 Å². The van der Waals surface area contributed by atoms with Crippen LogP contribution < -0.4 is 4.90 Å². The summed E-state index contributed by atoms with van der Waals surface area (Å²) in [5, 5.41) is 0. The Hall–Kier alpha value is -9.56. The lowest BCUT2D eigenvalue weighted by Crippen LogP contribution is -2.09. The van der Waals surface area contributed by atoms with Gasteiger partial charge in [0.2, 0.25) is 0 Å². The van der Waals surface area contributed by atoms with E-state index < -0.39 is 0 Å². The fourth-order valence-corrected chi connectivity index (χ4v) is 10.1. The second kappa shape index (κ2) is 20.7. The lowest BCUT2D eigenvalue weighted by molar-refractivity contribution is 1.28. The first kappa shape index (κ1) is 45.6. The molecule has 0 bridgehead atoms. The molecule has 0 aliphatic rings. The molecule has 350 valence electrons. The highest BCUT2D eigenvalue weighted by Gasteiger charge is 2.16. The summed E-state index contributed by atoms with van der Waals surface area (Å²) < 4.78 is 0. The molecule has 0 aliphatic carbocycles. The van der Waals surface area contributed by atoms with Gasteiger partial charge in [-0.2, -0.15) is 0 Å². The summed E-state index contributed by atoms with van der Waals surface area (Å²) in [6, 6.07) is 110. The van der Waals surface area contributed by atoms with E-state index in [2.05, 4.69) is 315 Å². The van der Waals surface area contributed by atoms with E-state index in [0.717, 1.165) is 28.2 Å². The second-order valence-electron chi connectivity index (χ2n) is 19.1. The maximum absolute atomic E-state index is 2.37. The van der Waals surface area contributed by atoms with Crippen LogP contribution in [0.25, 0.3) is 100 Å². The van der Waals surface area contributed by atoms with Crippen molar-refractivity contribution in [1.29, 1.82) is 0 Å². The third kappa shape index (κ3) is 9.88. The van der Waals surface area contributed by atoms with Gasteiger partial charge in [-0.25, -0.2) is 0 Å². The van der Waals surface area contributed by atoms with Crippen LogP contribution in [0.2, 0.25) is 0 Å². The highest BCUT2D eigenvalue weighted by Crippen LogP contribution is 2.41. The molecule has 0 spiro atoms. The van der Waals surface area contributed by atoms with Crippen LogP contribution in [0.5, 0.6) is 0 Å². The third-order valence-corrected chi connectivity index (χ3v) is 14.2. The number of aryl methyl sites for hydroxylation is 1.